The monoisotopic (exact) mass is 361 g/mol. The molecule has 26 heavy (non-hydrogen) atoms. The van der Waals surface area contributed by atoms with E-state index in [9.17, 15) is 9.18 Å². The molecule has 0 bridgehead atoms. The largest absolute Gasteiger partial charge is 0.368 e. The van der Waals surface area contributed by atoms with Crippen molar-refractivity contribution in [3.63, 3.8) is 0 Å². The van der Waals surface area contributed by atoms with Crippen LogP contribution in [0.15, 0.2) is 24.3 Å². The molecule has 1 amide bonds. The second-order valence-electron chi connectivity index (χ2n) is 8.60. The molecule has 4 atom stereocenters. The topological polar surface area (TPSA) is 49.6 Å². The number of hydrogen-bond acceptors (Lipinski definition) is 3. The van der Waals surface area contributed by atoms with Crippen LogP contribution < -0.4 is 5.73 Å². The number of fused-ring (bicyclic) bond motifs is 1. The number of benzene rings is 1. The van der Waals surface area contributed by atoms with Crippen molar-refractivity contribution in [1.29, 1.82) is 0 Å². The molecule has 1 saturated heterocycles. The van der Waals surface area contributed by atoms with E-state index in [1.807, 2.05) is 12.1 Å². The van der Waals surface area contributed by atoms with Crippen LogP contribution in [0, 0.1) is 23.6 Å². The molecule has 1 aliphatic carbocycles. The summed E-state index contributed by atoms with van der Waals surface area (Å²) in [5.41, 5.74) is 6.87. The number of halogens is 1. The number of nitrogens with two attached hydrogens (primary N) is 1. The van der Waals surface area contributed by atoms with Gasteiger partial charge in [0.05, 0.1) is 6.04 Å². The van der Waals surface area contributed by atoms with Crippen molar-refractivity contribution in [3.05, 3.63) is 35.6 Å². The fourth-order valence-corrected chi connectivity index (χ4v) is 4.97. The molecule has 2 fully saturated rings. The molecule has 5 heteroatoms. The minimum Gasteiger partial charge on any atom is -0.368 e. The molecule has 1 aromatic rings. The number of carbonyl (C=O) groups is 1. The smallest absolute Gasteiger partial charge is 0.234 e. The highest BCUT2D eigenvalue weighted by molar-refractivity contribution is 5.79. The van der Waals surface area contributed by atoms with Gasteiger partial charge in [0.15, 0.2) is 0 Å². The lowest BCUT2D eigenvalue weighted by Crippen LogP contribution is -2.50. The normalized spacial score (nSPS) is 27.2. The van der Waals surface area contributed by atoms with Crippen LogP contribution in [0.4, 0.5) is 4.39 Å². The van der Waals surface area contributed by atoms with Gasteiger partial charge < -0.3 is 5.73 Å². The molecule has 1 aromatic carbocycles. The van der Waals surface area contributed by atoms with Crippen molar-refractivity contribution in [2.24, 2.45) is 23.5 Å². The van der Waals surface area contributed by atoms with Gasteiger partial charge in [-0.3, -0.25) is 14.6 Å². The lowest BCUT2D eigenvalue weighted by Gasteiger charge is -2.35. The number of primary amides is 1. The molecule has 1 heterocycles. The first-order valence-electron chi connectivity index (χ1n) is 9.83. The maximum absolute atomic E-state index is 13.1. The highest BCUT2D eigenvalue weighted by atomic mass is 19.1. The van der Waals surface area contributed by atoms with Gasteiger partial charge in [-0.25, -0.2) is 4.39 Å². The molecule has 0 aromatic heterocycles. The average Bonchev–Trinajstić information content (AvgIpc) is 3.13. The summed E-state index contributed by atoms with van der Waals surface area (Å²) in [5, 5.41) is 0. The van der Waals surface area contributed by atoms with Crippen LogP contribution >= 0.6 is 0 Å². The van der Waals surface area contributed by atoms with Gasteiger partial charge in [0, 0.05) is 25.7 Å². The lowest BCUT2D eigenvalue weighted by atomic mass is 9.94. The lowest BCUT2D eigenvalue weighted by molar-refractivity contribution is -0.124. The summed E-state index contributed by atoms with van der Waals surface area (Å²) in [6.07, 6.45) is 3.18. The zero-order valence-corrected chi connectivity index (χ0v) is 16.2. The summed E-state index contributed by atoms with van der Waals surface area (Å²) in [4.78, 5) is 16.7. The van der Waals surface area contributed by atoms with Crippen molar-refractivity contribution in [3.8, 4) is 0 Å². The number of likely N-dealkylation sites (tertiary alicyclic amines) is 1. The summed E-state index contributed by atoms with van der Waals surface area (Å²) in [6.45, 7) is 7.29. The number of carbonyl (C=O) groups excluding carboxylic acids is 1. The van der Waals surface area contributed by atoms with Gasteiger partial charge in [0.25, 0.3) is 0 Å². The summed E-state index contributed by atoms with van der Waals surface area (Å²) in [6, 6.07) is 7.06. The molecule has 0 spiro atoms. The van der Waals surface area contributed by atoms with E-state index < -0.39 is 0 Å². The quantitative estimate of drug-likeness (QED) is 0.812. The molecule has 3 rings (SSSR count). The third-order valence-corrected chi connectivity index (χ3v) is 6.25. The van der Waals surface area contributed by atoms with E-state index in [0.717, 1.165) is 38.0 Å². The van der Waals surface area contributed by atoms with E-state index in [-0.39, 0.29) is 17.8 Å². The van der Waals surface area contributed by atoms with Crippen LogP contribution in [0.2, 0.25) is 0 Å². The first kappa shape index (κ1) is 19.3. The number of amides is 1. The molecule has 1 aliphatic heterocycles. The molecule has 0 unspecified atom stereocenters. The number of hydrogen-bond donors (Lipinski definition) is 1. The summed E-state index contributed by atoms with van der Waals surface area (Å²) < 4.78 is 13.1. The van der Waals surface area contributed by atoms with Crippen molar-refractivity contribution in [1.82, 2.24) is 9.80 Å². The van der Waals surface area contributed by atoms with E-state index >= 15 is 0 Å². The molecule has 0 radical (unpaired) electrons. The molecular formula is C21H32FN3O. The van der Waals surface area contributed by atoms with Gasteiger partial charge in [-0.2, -0.15) is 0 Å². The highest BCUT2D eigenvalue weighted by Crippen LogP contribution is 2.41. The Morgan fingerprint density at radius 1 is 1.27 bits per heavy atom. The summed E-state index contributed by atoms with van der Waals surface area (Å²) in [5.74, 6) is 1.35. The Hall–Kier alpha value is -1.46. The molecule has 2 N–H and O–H groups in total. The van der Waals surface area contributed by atoms with Crippen LogP contribution in [0.3, 0.4) is 0 Å². The van der Waals surface area contributed by atoms with Gasteiger partial charge in [0.2, 0.25) is 5.91 Å². The fourth-order valence-electron chi connectivity index (χ4n) is 4.97. The van der Waals surface area contributed by atoms with E-state index in [0.29, 0.717) is 23.8 Å². The second kappa shape index (κ2) is 8.05. The van der Waals surface area contributed by atoms with Gasteiger partial charge in [-0.05, 0) is 61.8 Å². The van der Waals surface area contributed by atoms with Crippen molar-refractivity contribution in [2.75, 3.05) is 20.1 Å². The number of nitrogens with zero attached hydrogens (tertiary/aromatic N) is 2. The van der Waals surface area contributed by atoms with Gasteiger partial charge in [-0.1, -0.05) is 26.0 Å². The van der Waals surface area contributed by atoms with Crippen LogP contribution in [-0.2, 0) is 11.3 Å². The van der Waals surface area contributed by atoms with Crippen LogP contribution in [0.1, 0.15) is 38.7 Å². The van der Waals surface area contributed by atoms with E-state index in [2.05, 4.69) is 30.7 Å². The molecular weight excluding hydrogens is 329 g/mol. The zero-order chi connectivity index (χ0) is 18.8. The third kappa shape index (κ3) is 4.26. The Labute approximate surface area is 156 Å². The van der Waals surface area contributed by atoms with Crippen molar-refractivity contribution >= 4 is 5.91 Å². The maximum atomic E-state index is 13.1. The summed E-state index contributed by atoms with van der Waals surface area (Å²) >= 11 is 0. The Morgan fingerprint density at radius 2 is 1.96 bits per heavy atom. The first-order chi connectivity index (χ1) is 12.3. The van der Waals surface area contributed by atoms with Crippen LogP contribution in [0.5, 0.6) is 0 Å². The first-order valence-corrected chi connectivity index (χ1v) is 9.83. The van der Waals surface area contributed by atoms with Gasteiger partial charge >= 0.3 is 0 Å². The Kier molecular flexibility index (Phi) is 5.98. The number of likely N-dealkylation sites (N-methyl/N-ethyl adjacent to an activating group) is 1. The van der Waals surface area contributed by atoms with E-state index in [4.69, 9.17) is 5.73 Å². The average molecular weight is 362 g/mol. The SMILES string of the molecule is CC(C)C[C@@H](C(N)=O)N(C)[C@@H]1CC[C@H]2CN(Cc3ccc(F)cc3)C[C@H]21. The van der Waals surface area contributed by atoms with Crippen molar-refractivity contribution in [2.45, 2.75) is 51.7 Å². The fraction of sp³-hybridized carbons (Fsp3) is 0.667. The molecule has 1 saturated carbocycles. The maximum Gasteiger partial charge on any atom is 0.234 e. The van der Waals surface area contributed by atoms with E-state index in [1.165, 1.54) is 18.6 Å². The van der Waals surface area contributed by atoms with Crippen LogP contribution in [0.25, 0.3) is 0 Å². The third-order valence-electron chi connectivity index (χ3n) is 6.25. The minimum absolute atomic E-state index is 0.176. The van der Waals surface area contributed by atoms with Gasteiger partial charge in [-0.15, -0.1) is 0 Å². The van der Waals surface area contributed by atoms with E-state index in [1.54, 1.807) is 0 Å². The molecule has 144 valence electrons. The highest BCUT2D eigenvalue weighted by Gasteiger charge is 2.45. The minimum atomic E-state index is -0.203. The standard InChI is InChI=1S/C21H32FN3O/c1-14(2)10-20(21(23)26)24(3)19-9-6-16-12-25(13-18(16)19)11-15-4-7-17(22)8-5-15/h4-5,7-8,14,16,18-20H,6,9-13H2,1-3H3,(H2,23,26)/t16-,18+,19+,20-/m0/s1. The van der Waals surface area contributed by atoms with Gasteiger partial charge in [0.1, 0.15) is 5.82 Å². The zero-order valence-electron chi connectivity index (χ0n) is 16.2. The Morgan fingerprint density at radius 3 is 2.58 bits per heavy atom. The summed E-state index contributed by atoms with van der Waals surface area (Å²) in [7, 11) is 2.08. The predicted molar refractivity (Wildman–Crippen MR) is 102 cm³/mol. The van der Waals surface area contributed by atoms with Crippen LogP contribution in [-0.4, -0.2) is 47.9 Å². The molecule has 2 aliphatic rings. The Balaban J connectivity index is 1.63. The Bertz CT molecular complexity index is 618. The second-order valence-corrected chi connectivity index (χ2v) is 8.60. The number of rotatable bonds is 7. The van der Waals surface area contributed by atoms with Crippen molar-refractivity contribution < 1.29 is 9.18 Å². The molecule has 4 nitrogen and oxygen atoms in total. The predicted octanol–water partition coefficient (Wildman–Crippen LogP) is 2.87.